The van der Waals surface area contributed by atoms with E-state index in [-0.39, 0.29) is 31.6 Å². The molecule has 4 heteroatoms. The first-order chi connectivity index (χ1) is 6.36. The van der Waals surface area contributed by atoms with Crippen LogP contribution in [0.25, 0.3) is 0 Å². The summed E-state index contributed by atoms with van der Waals surface area (Å²) in [4.78, 5) is 13.3. The van der Waals surface area contributed by atoms with Crippen molar-refractivity contribution in [2.75, 3.05) is 19.8 Å². The van der Waals surface area contributed by atoms with Gasteiger partial charge in [0.05, 0.1) is 18.8 Å². The minimum absolute atomic E-state index is 0.0434. The van der Waals surface area contributed by atoms with E-state index >= 15 is 0 Å². The highest BCUT2D eigenvalue weighted by atomic mass is 16.3. The van der Waals surface area contributed by atoms with E-state index in [9.17, 15) is 4.79 Å². The number of nitrogens with zero attached hydrogens (tertiary/aromatic N) is 1. The van der Waals surface area contributed by atoms with E-state index in [2.05, 4.69) is 0 Å². The summed E-state index contributed by atoms with van der Waals surface area (Å²) < 4.78 is 0. The lowest BCUT2D eigenvalue weighted by Gasteiger charge is -2.38. The van der Waals surface area contributed by atoms with Gasteiger partial charge in [-0.2, -0.15) is 0 Å². The lowest BCUT2D eigenvalue weighted by atomic mass is 10.0. The molecule has 0 unspecified atom stereocenters. The minimum atomic E-state index is -0.607. The highest BCUT2D eigenvalue weighted by Gasteiger charge is 2.30. The number of aliphatic hydroxyl groups is 2. The molecule has 14 heavy (non-hydrogen) atoms. The van der Waals surface area contributed by atoms with Gasteiger partial charge in [0.1, 0.15) is 0 Å². The number of hydrogen-bond acceptors (Lipinski definition) is 3. The first-order valence-electron chi connectivity index (χ1n) is 4.90. The summed E-state index contributed by atoms with van der Waals surface area (Å²) in [5.74, 6) is -0.162. The topological polar surface area (TPSA) is 60.8 Å². The van der Waals surface area contributed by atoms with Crippen molar-refractivity contribution >= 4 is 5.91 Å². The van der Waals surface area contributed by atoms with Crippen molar-refractivity contribution in [2.45, 2.75) is 33.2 Å². The van der Waals surface area contributed by atoms with E-state index in [0.717, 1.165) is 0 Å². The number of β-amino-alcohol motifs (C(OH)–C–C–N with tert-alkyl or cyclic N) is 1. The fourth-order valence-corrected chi connectivity index (χ4v) is 1.21. The smallest absolute Gasteiger partial charge is 0.225 e. The average molecular weight is 203 g/mol. The highest BCUT2D eigenvalue weighted by molar-refractivity contribution is 5.78. The van der Waals surface area contributed by atoms with Crippen molar-refractivity contribution in [1.29, 1.82) is 0 Å². The van der Waals surface area contributed by atoms with Gasteiger partial charge < -0.3 is 15.1 Å². The van der Waals surface area contributed by atoms with E-state index in [0.29, 0.717) is 0 Å². The Bertz CT molecular complexity index is 190. The summed E-state index contributed by atoms with van der Waals surface area (Å²) in [5, 5.41) is 18.0. The Morgan fingerprint density at radius 2 is 1.86 bits per heavy atom. The molecule has 0 aliphatic rings. The number of aliphatic hydroxyl groups excluding tert-OH is 2. The fraction of sp³-hybridized carbons (Fsp3) is 0.900. The van der Waals surface area contributed by atoms with Crippen LogP contribution in [-0.4, -0.2) is 46.3 Å². The quantitative estimate of drug-likeness (QED) is 0.672. The second-order valence-corrected chi connectivity index (χ2v) is 4.34. The van der Waals surface area contributed by atoms with Gasteiger partial charge in [-0.05, 0) is 13.8 Å². The van der Waals surface area contributed by atoms with E-state index in [1.165, 1.54) is 4.90 Å². The van der Waals surface area contributed by atoms with Gasteiger partial charge in [-0.15, -0.1) is 0 Å². The summed E-state index contributed by atoms with van der Waals surface area (Å²) in [6, 6.07) is 0. The molecule has 4 nitrogen and oxygen atoms in total. The number of hydrogen-bond donors (Lipinski definition) is 2. The molecule has 0 saturated carbocycles. The minimum Gasteiger partial charge on any atom is -0.395 e. The van der Waals surface area contributed by atoms with E-state index in [1.54, 1.807) is 27.7 Å². The summed E-state index contributed by atoms with van der Waals surface area (Å²) in [7, 11) is 0. The molecule has 0 aromatic carbocycles. The Morgan fingerprint density at radius 3 is 2.14 bits per heavy atom. The second-order valence-electron chi connectivity index (χ2n) is 4.34. The average Bonchev–Trinajstić information content (AvgIpc) is 2.12. The van der Waals surface area contributed by atoms with E-state index < -0.39 is 5.54 Å². The summed E-state index contributed by atoms with van der Waals surface area (Å²) in [6.45, 7) is 7.25. The maximum Gasteiger partial charge on any atom is 0.225 e. The zero-order chi connectivity index (χ0) is 11.4. The molecule has 0 aromatic rings. The summed E-state index contributed by atoms with van der Waals surface area (Å²) in [6.07, 6.45) is 0. The number of amides is 1. The second kappa shape index (κ2) is 5.32. The summed E-state index contributed by atoms with van der Waals surface area (Å²) >= 11 is 0. The van der Waals surface area contributed by atoms with Crippen LogP contribution in [0.15, 0.2) is 0 Å². The highest BCUT2D eigenvalue weighted by Crippen LogP contribution is 2.16. The van der Waals surface area contributed by atoms with Gasteiger partial charge in [-0.1, -0.05) is 13.8 Å². The van der Waals surface area contributed by atoms with Crippen molar-refractivity contribution < 1.29 is 15.0 Å². The van der Waals surface area contributed by atoms with Gasteiger partial charge >= 0.3 is 0 Å². The molecule has 0 bridgehead atoms. The molecule has 0 fully saturated rings. The third-order valence-corrected chi connectivity index (χ3v) is 2.20. The fourth-order valence-electron chi connectivity index (χ4n) is 1.21. The van der Waals surface area contributed by atoms with Gasteiger partial charge in [0.2, 0.25) is 5.91 Å². The lowest BCUT2D eigenvalue weighted by Crippen LogP contribution is -2.52. The predicted molar refractivity (Wildman–Crippen MR) is 54.8 cm³/mol. The molecule has 0 radical (unpaired) electrons. The van der Waals surface area contributed by atoms with Crippen LogP contribution in [0.1, 0.15) is 27.7 Å². The van der Waals surface area contributed by atoms with Gasteiger partial charge in [0.15, 0.2) is 0 Å². The number of rotatable bonds is 5. The molecule has 0 saturated heterocycles. The molecule has 1 amide bonds. The Morgan fingerprint density at radius 1 is 1.36 bits per heavy atom. The Kier molecular flexibility index (Phi) is 5.08. The molecule has 0 aliphatic heterocycles. The van der Waals surface area contributed by atoms with Crippen molar-refractivity contribution in [3.8, 4) is 0 Å². The van der Waals surface area contributed by atoms with Crippen LogP contribution in [-0.2, 0) is 4.79 Å². The van der Waals surface area contributed by atoms with Gasteiger partial charge in [0.25, 0.3) is 0 Å². The van der Waals surface area contributed by atoms with Crippen molar-refractivity contribution in [1.82, 2.24) is 4.90 Å². The standard InChI is InChI=1S/C10H21NO3/c1-8(2)9(14)11(5-6-12)10(3,4)7-13/h8,12-13H,5-7H2,1-4H3. The van der Waals surface area contributed by atoms with Crippen LogP contribution in [0, 0.1) is 5.92 Å². The zero-order valence-electron chi connectivity index (χ0n) is 9.45. The van der Waals surface area contributed by atoms with E-state index in [1.807, 2.05) is 0 Å². The maximum atomic E-state index is 11.7. The van der Waals surface area contributed by atoms with Crippen LogP contribution in [0.2, 0.25) is 0 Å². The summed E-state index contributed by atoms with van der Waals surface area (Å²) in [5.41, 5.74) is -0.607. The lowest BCUT2D eigenvalue weighted by molar-refractivity contribution is -0.142. The zero-order valence-corrected chi connectivity index (χ0v) is 9.45. The third-order valence-electron chi connectivity index (χ3n) is 2.20. The van der Waals surface area contributed by atoms with Crippen LogP contribution in [0.3, 0.4) is 0 Å². The third kappa shape index (κ3) is 3.27. The first-order valence-corrected chi connectivity index (χ1v) is 4.90. The predicted octanol–water partition coefficient (Wildman–Crippen LogP) is 0.234. The molecular weight excluding hydrogens is 182 g/mol. The van der Waals surface area contributed by atoms with Crippen LogP contribution in [0.5, 0.6) is 0 Å². The van der Waals surface area contributed by atoms with Gasteiger partial charge in [-0.25, -0.2) is 0 Å². The molecule has 84 valence electrons. The normalized spacial score (nSPS) is 11.9. The number of carbonyl (C=O) groups is 1. The largest absolute Gasteiger partial charge is 0.395 e. The Balaban J connectivity index is 4.67. The molecular formula is C10H21NO3. The maximum absolute atomic E-state index is 11.7. The Hall–Kier alpha value is -0.610. The van der Waals surface area contributed by atoms with Crippen molar-refractivity contribution in [2.24, 2.45) is 5.92 Å². The molecule has 0 spiro atoms. The monoisotopic (exact) mass is 203 g/mol. The van der Waals surface area contributed by atoms with Gasteiger partial charge in [0, 0.05) is 12.5 Å². The molecule has 0 aliphatic carbocycles. The van der Waals surface area contributed by atoms with Crippen LogP contribution in [0.4, 0.5) is 0 Å². The molecule has 0 aromatic heterocycles. The molecule has 0 heterocycles. The van der Waals surface area contributed by atoms with E-state index in [4.69, 9.17) is 10.2 Å². The van der Waals surface area contributed by atoms with Gasteiger partial charge in [-0.3, -0.25) is 4.79 Å². The SMILES string of the molecule is CC(C)C(=O)N(CCO)C(C)(C)CO. The Labute approximate surface area is 85.5 Å². The van der Waals surface area contributed by atoms with Crippen molar-refractivity contribution in [3.05, 3.63) is 0 Å². The molecule has 2 N–H and O–H groups in total. The van der Waals surface area contributed by atoms with Crippen LogP contribution < -0.4 is 0 Å². The molecule has 0 rings (SSSR count). The van der Waals surface area contributed by atoms with Crippen LogP contribution >= 0.6 is 0 Å². The first kappa shape index (κ1) is 13.4. The number of carbonyl (C=O) groups excluding carboxylic acids is 1. The van der Waals surface area contributed by atoms with Crippen molar-refractivity contribution in [3.63, 3.8) is 0 Å². The molecule has 0 atom stereocenters.